The predicted octanol–water partition coefficient (Wildman–Crippen LogP) is 2.16. The van der Waals surface area contributed by atoms with Gasteiger partial charge < -0.3 is 39.4 Å². The first-order valence-electron chi connectivity index (χ1n) is 14.8. The fourth-order valence-corrected chi connectivity index (χ4v) is 9.76. The van der Waals surface area contributed by atoms with Crippen LogP contribution in [-0.4, -0.2) is 73.9 Å². The lowest BCUT2D eigenvalue weighted by molar-refractivity contribution is -0.310. The molecular formula is C30H42O10. The van der Waals surface area contributed by atoms with Crippen LogP contribution in [-0.2, 0) is 14.3 Å². The first-order valence-corrected chi connectivity index (χ1v) is 14.8. The molecule has 0 aromatic carbocycles. The molecule has 4 aliphatic carbocycles. The van der Waals surface area contributed by atoms with Crippen molar-refractivity contribution in [3.63, 3.8) is 0 Å². The first-order chi connectivity index (χ1) is 18.9. The highest BCUT2D eigenvalue weighted by atomic mass is 16.7. The van der Waals surface area contributed by atoms with E-state index in [1.807, 2.05) is 6.07 Å². The fourth-order valence-electron chi connectivity index (χ4n) is 9.76. The summed E-state index contributed by atoms with van der Waals surface area (Å²) in [6.45, 7) is 4.57. The molecule has 10 nitrogen and oxygen atoms in total. The summed E-state index contributed by atoms with van der Waals surface area (Å²) in [5.41, 5.74) is -0.442. The minimum Gasteiger partial charge on any atom is -0.479 e. The summed E-state index contributed by atoms with van der Waals surface area (Å²) in [6.07, 6.45) is 0.983. The molecular weight excluding hydrogens is 520 g/mol. The Hall–Kier alpha value is -1.82. The molecule has 6 rings (SSSR count). The second-order valence-electron chi connectivity index (χ2n) is 13.6. The molecule has 4 saturated carbocycles. The topological polar surface area (TPSA) is 167 Å². The molecule has 2 heterocycles. The molecule has 0 radical (unpaired) electrons. The van der Waals surface area contributed by atoms with E-state index in [0.29, 0.717) is 18.3 Å². The number of carboxylic acid groups (broad SMARTS) is 1. The van der Waals surface area contributed by atoms with Crippen molar-refractivity contribution in [2.75, 3.05) is 0 Å². The van der Waals surface area contributed by atoms with E-state index in [9.17, 15) is 35.1 Å². The summed E-state index contributed by atoms with van der Waals surface area (Å²) in [5, 5.41) is 52.4. The van der Waals surface area contributed by atoms with Crippen molar-refractivity contribution < 1.29 is 44.2 Å². The molecule has 0 unspecified atom stereocenters. The Labute approximate surface area is 233 Å². The zero-order valence-corrected chi connectivity index (χ0v) is 23.1. The highest BCUT2D eigenvalue weighted by Gasteiger charge is 2.67. The molecule has 5 aliphatic rings. The van der Waals surface area contributed by atoms with Crippen LogP contribution in [0.25, 0.3) is 0 Å². The number of fused-ring (bicyclic) bond motifs is 5. The minimum absolute atomic E-state index is 0.0167. The van der Waals surface area contributed by atoms with Gasteiger partial charge in [0, 0.05) is 11.5 Å². The van der Waals surface area contributed by atoms with Crippen molar-refractivity contribution in [2.24, 2.45) is 28.6 Å². The summed E-state index contributed by atoms with van der Waals surface area (Å²) in [4.78, 5) is 23.0. The van der Waals surface area contributed by atoms with Gasteiger partial charge in [-0.05, 0) is 98.5 Å². The number of ether oxygens (including phenoxy) is 2. The van der Waals surface area contributed by atoms with Crippen molar-refractivity contribution >= 4 is 5.97 Å². The molecule has 222 valence electrons. The monoisotopic (exact) mass is 562 g/mol. The number of aliphatic carboxylic acids is 1. The van der Waals surface area contributed by atoms with Crippen LogP contribution in [0.3, 0.4) is 0 Å². The molecule has 0 amide bonds. The van der Waals surface area contributed by atoms with E-state index in [1.54, 1.807) is 6.26 Å². The van der Waals surface area contributed by atoms with Crippen molar-refractivity contribution in [3.05, 3.63) is 34.4 Å². The maximum absolute atomic E-state index is 12.4. The molecule has 0 spiro atoms. The Morgan fingerprint density at radius 2 is 1.73 bits per heavy atom. The summed E-state index contributed by atoms with van der Waals surface area (Å²) >= 11 is 0. The van der Waals surface area contributed by atoms with Crippen molar-refractivity contribution in [2.45, 2.75) is 120 Å². The van der Waals surface area contributed by atoms with Gasteiger partial charge in [0.25, 0.3) is 0 Å². The molecule has 1 aromatic heterocycles. The largest absolute Gasteiger partial charge is 0.479 e. The second kappa shape index (κ2) is 9.88. The van der Waals surface area contributed by atoms with E-state index >= 15 is 0 Å². The summed E-state index contributed by atoms with van der Waals surface area (Å²) in [5.74, 6) is -0.394. The second-order valence-corrected chi connectivity index (χ2v) is 13.6. The van der Waals surface area contributed by atoms with Crippen LogP contribution in [0.15, 0.2) is 27.6 Å². The molecule has 10 heteroatoms. The average Bonchev–Trinajstić information content (AvgIpc) is 3.20. The summed E-state index contributed by atoms with van der Waals surface area (Å²) in [6, 6.07) is 3.32. The van der Waals surface area contributed by atoms with Crippen molar-refractivity contribution in [3.8, 4) is 0 Å². The van der Waals surface area contributed by atoms with Crippen molar-refractivity contribution in [1.82, 2.24) is 0 Å². The van der Waals surface area contributed by atoms with Gasteiger partial charge in [-0.25, -0.2) is 9.59 Å². The van der Waals surface area contributed by atoms with Crippen LogP contribution in [0.5, 0.6) is 0 Å². The van der Waals surface area contributed by atoms with Crippen LogP contribution < -0.4 is 5.63 Å². The molecule has 1 aromatic rings. The van der Waals surface area contributed by atoms with E-state index in [-0.39, 0.29) is 34.4 Å². The number of carboxylic acids is 1. The normalized spacial score (nSPS) is 50.5. The average molecular weight is 563 g/mol. The Bertz CT molecular complexity index is 1160. The first kappa shape index (κ1) is 28.3. The lowest BCUT2D eigenvalue weighted by Gasteiger charge is -2.63. The number of aliphatic hydroxyl groups is 4. The zero-order valence-electron chi connectivity index (χ0n) is 23.1. The molecule has 40 heavy (non-hydrogen) atoms. The zero-order chi connectivity index (χ0) is 28.6. The third kappa shape index (κ3) is 4.13. The van der Waals surface area contributed by atoms with Crippen LogP contribution >= 0.6 is 0 Å². The van der Waals surface area contributed by atoms with Crippen molar-refractivity contribution in [1.29, 1.82) is 0 Å². The number of hydrogen-bond donors (Lipinski definition) is 5. The van der Waals surface area contributed by atoms with Gasteiger partial charge in [0.05, 0.1) is 18.0 Å². The van der Waals surface area contributed by atoms with Crippen LogP contribution in [0.2, 0.25) is 0 Å². The van der Waals surface area contributed by atoms with Gasteiger partial charge in [-0.3, -0.25) is 0 Å². The summed E-state index contributed by atoms with van der Waals surface area (Å²) < 4.78 is 16.6. The van der Waals surface area contributed by atoms with Gasteiger partial charge >= 0.3 is 11.6 Å². The quantitative estimate of drug-likeness (QED) is 0.343. The minimum atomic E-state index is -1.74. The molecule has 0 bridgehead atoms. The molecule has 5 N–H and O–H groups in total. The van der Waals surface area contributed by atoms with E-state index in [1.165, 1.54) is 6.07 Å². The van der Waals surface area contributed by atoms with Crippen LogP contribution in [0.4, 0.5) is 0 Å². The SMILES string of the molecule is C[C@]12CC[C@H](O[C@@H]3O[C@H](C(=O)O)[C@@H](O)[C@H](O)[C@H]3O)C[C@H]1CC[C@@H]1[C@@H]2CC[C@]2(C)[C@@H](c3ccc(=O)oc3)CC[C@]12O. The van der Waals surface area contributed by atoms with Gasteiger partial charge in [-0.15, -0.1) is 0 Å². The number of rotatable bonds is 4. The van der Waals surface area contributed by atoms with Crippen LogP contribution in [0.1, 0.15) is 83.1 Å². The number of hydrogen-bond acceptors (Lipinski definition) is 9. The summed E-state index contributed by atoms with van der Waals surface area (Å²) in [7, 11) is 0. The smallest absolute Gasteiger partial charge is 0.335 e. The van der Waals surface area contributed by atoms with E-state index in [4.69, 9.17) is 13.9 Å². The van der Waals surface area contributed by atoms with Gasteiger partial charge in [0.15, 0.2) is 12.4 Å². The fraction of sp³-hybridized carbons (Fsp3) is 0.800. The van der Waals surface area contributed by atoms with E-state index in [0.717, 1.165) is 56.9 Å². The third-order valence-electron chi connectivity index (χ3n) is 12.1. The molecule has 13 atom stereocenters. The number of aliphatic hydroxyl groups excluding tert-OH is 3. The van der Waals surface area contributed by atoms with Crippen LogP contribution in [0, 0.1) is 28.6 Å². The number of carbonyl (C=O) groups is 1. The standard InChI is InChI=1S/C30H42O10/c1-28-10-7-17(39-27-24(34)22(32)23(33)25(40-27)26(35)36)13-16(28)4-5-20-19(28)8-11-29(2)18(9-12-30(20,29)37)15-3-6-21(31)38-14-15/h3,6,14,16-20,22-25,27,32-34,37H,4-5,7-13H2,1-2H3,(H,35,36)/t16-,17+,18-,19+,20-,22+,23+,24-,25+,27-,28+,29-,30+/m1/s1. The Kier molecular flexibility index (Phi) is 6.99. The lowest BCUT2D eigenvalue weighted by Crippen LogP contribution is -2.63. The van der Waals surface area contributed by atoms with Gasteiger partial charge in [0.2, 0.25) is 0 Å². The van der Waals surface area contributed by atoms with Gasteiger partial charge in [-0.2, -0.15) is 0 Å². The van der Waals surface area contributed by atoms with E-state index < -0.39 is 42.3 Å². The van der Waals surface area contributed by atoms with Gasteiger partial charge in [0.1, 0.15) is 18.3 Å². The molecule has 1 aliphatic heterocycles. The highest BCUT2D eigenvalue weighted by molar-refractivity contribution is 5.73. The Balaban J connectivity index is 1.16. The third-order valence-corrected chi connectivity index (χ3v) is 12.1. The van der Waals surface area contributed by atoms with E-state index in [2.05, 4.69) is 13.8 Å². The molecule has 5 fully saturated rings. The Morgan fingerprint density at radius 1 is 0.950 bits per heavy atom. The molecule has 1 saturated heterocycles. The highest BCUT2D eigenvalue weighted by Crippen LogP contribution is 2.70. The Morgan fingerprint density at radius 3 is 2.42 bits per heavy atom. The predicted molar refractivity (Wildman–Crippen MR) is 140 cm³/mol. The van der Waals surface area contributed by atoms with Gasteiger partial charge in [-0.1, -0.05) is 13.8 Å². The maximum Gasteiger partial charge on any atom is 0.335 e. The lowest BCUT2D eigenvalue weighted by atomic mass is 9.43. The maximum atomic E-state index is 12.4.